The number of rotatable bonds is 11. The van der Waals surface area contributed by atoms with Crippen LogP contribution >= 0.6 is 0 Å². The van der Waals surface area contributed by atoms with Crippen LogP contribution in [0.15, 0.2) is 309 Å². The van der Waals surface area contributed by atoms with Crippen LogP contribution in [0, 0.1) is 0 Å². The molecule has 0 saturated carbocycles. The lowest BCUT2D eigenvalue weighted by atomic mass is 9.33. The zero-order valence-electron chi connectivity index (χ0n) is 62.4. The Labute approximate surface area is 591 Å². The highest BCUT2D eigenvalue weighted by atomic mass is 15.2. The third-order valence-electron chi connectivity index (χ3n) is 19.6. The number of benzene rings is 13. The number of hydrogen-bond donors (Lipinski definition) is 0. The maximum Gasteiger partial charge on any atom is 0.252 e. The van der Waals surface area contributed by atoms with Crippen LogP contribution in [0.1, 0.15) is 85.9 Å². The van der Waals surface area contributed by atoms with Crippen molar-refractivity contribution in [2.45, 2.75) is 78.6 Å². The maximum atomic E-state index is 9.65. The van der Waals surface area contributed by atoms with E-state index in [4.69, 9.17) is 19.1 Å². The van der Waals surface area contributed by atoms with Gasteiger partial charge in [-0.15, -0.1) is 0 Å². The van der Waals surface area contributed by atoms with Gasteiger partial charge < -0.3 is 9.80 Å². The molecule has 0 bridgehead atoms. The molecule has 0 fully saturated rings. The number of para-hydroxylation sites is 2. The van der Waals surface area contributed by atoms with Crippen molar-refractivity contribution in [3.63, 3.8) is 0 Å². The van der Waals surface area contributed by atoms with E-state index in [-0.39, 0.29) is 33.9 Å². The van der Waals surface area contributed by atoms with Gasteiger partial charge in [0.15, 0.2) is 17.5 Å². The smallest absolute Gasteiger partial charge is 0.252 e. The van der Waals surface area contributed by atoms with Crippen LogP contribution in [-0.2, 0) is 16.2 Å². The molecule has 99 heavy (non-hydrogen) atoms. The highest BCUT2D eigenvalue weighted by Crippen LogP contribution is 2.54. The van der Waals surface area contributed by atoms with Crippen molar-refractivity contribution in [1.82, 2.24) is 15.0 Å². The van der Waals surface area contributed by atoms with Crippen LogP contribution in [-0.4, -0.2) is 21.7 Å². The number of aromatic nitrogens is 3. The summed E-state index contributed by atoms with van der Waals surface area (Å²) in [6.07, 6.45) is 0. The Bertz CT molecular complexity index is 5520. The molecule has 3 heterocycles. The number of anilines is 6. The second-order valence-corrected chi connectivity index (χ2v) is 29.2. The molecular weight excluding hydrogens is 1200 g/mol. The lowest BCUT2D eigenvalue weighted by Gasteiger charge is -2.46. The average molecular weight is 1280 g/mol. The molecule has 478 valence electrons. The van der Waals surface area contributed by atoms with Gasteiger partial charge in [-0.2, -0.15) is 0 Å². The van der Waals surface area contributed by atoms with Crippen molar-refractivity contribution in [2.24, 2.45) is 0 Å². The summed E-state index contributed by atoms with van der Waals surface area (Å²) < 4.78 is 46.4. The summed E-state index contributed by atoms with van der Waals surface area (Å²) in [5.74, 6) is 1.44. The lowest BCUT2D eigenvalue weighted by Crippen LogP contribution is -2.61. The molecule has 0 spiro atoms. The maximum absolute atomic E-state index is 9.65. The van der Waals surface area contributed by atoms with E-state index in [0.717, 1.165) is 117 Å². The monoisotopic (exact) mass is 1280 g/mol. The summed E-state index contributed by atoms with van der Waals surface area (Å²) in [7, 11) is 0. The van der Waals surface area contributed by atoms with E-state index in [1.807, 2.05) is 72.8 Å². The fourth-order valence-corrected chi connectivity index (χ4v) is 14.4. The predicted octanol–water partition coefficient (Wildman–Crippen LogP) is 22.8. The first kappa shape index (κ1) is 56.7. The SMILES string of the molecule is [2H]c1c([2H])c([2H])c(-c2ccc3c(c2)N(c2c(-c4ccccc4)cccc2-c2nc(-c4ccccc4)nc(-c4ccccc4)n2)c2cc(-c4cccc(C(C)(C)C)c4)cc4c2B3c2ccc(-c3cc(C(C)(C)C)cc(C(C)(C)C)c3)cc2N4c2c(-c3ccccc3)cccc2-c2ccccc2)c([2H])c1[2H]. The highest BCUT2D eigenvalue weighted by molar-refractivity contribution is 7.00. The molecule has 5 nitrogen and oxygen atoms in total. The second-order valence-electron chi connectivity index (χ2n) is 29.2. The van der Waals surface area contributed by atoms with E-state index in [0.29, 0.717) is 28.6 Å². The van der Waals surface area contributed by atoms with E-state index in [9.17, 15) is 2.74 Å². The minimum Gasteiger partial charge on any atom is -0.310 e. The molecule has 2 aliphatic rings. The lowest BCUT2D eigenvalue weighted by molar-refractivity contribution is 0.569. The number of fused-ring (bicyclic) bond motifs is 4. The van der Waals surface area contributed by atoms with Crippen LogP contribution in [0.5, 0.6) is 0 Å². The summed E-state index contributed by atoms with van der Waals surface area (Å²) >= 11 is 0. The summed E-state index contributed by atoms with van der Waals surface area (Å²) in [6, 6.07) is 97.5. The van der Waals surface area contributed by atoms with Crippen LogP contribution in [0.25, 0.3) is 101 Å². The molecule has 0 saturated heterocycles. The van der Waals surface area contributed by atoms with Crippen LogP contribution in [0.2, 0.25) is 0 Å². The first-order valence-electron chi connectivity index (χ1n) is 36.8. The molecule has 13 aromatic carbocycles. The number of hydrogen-bond acceptors (Lipinski definition) is 5. The van der Waals surface area contributed by atoms with Gasteiger partial charge in [0.05, 0.1) is 18.2 Å². The van der Waals surface area contributed by atoms with Crippen molar-refractivity contribution in [3.05, 3.63) is 326 Å². The molecule has 16 rings (SSSR count). The third kappa shape index (κ3) is 11.6. The zero-order valence-corrected chi connectivity index (χ0v) is 57.4. The van der Waals surface area contributed by atoms with Gasteiger partial charge in [0.2, 0.25) is 0 Å². The van der Waals surface area contributed by atoms with Crippen LogP contribution in [0.4, 0.5) is 34.1 Å². The molecule has 0 unspecified atom stereocenters. The van der Waals surface area contributed by atoms with Gasteiger partial charge in [-0.3, -0.25) is 0 Å². The Kier molecular flexibility index (Phi) is 14.2. The van der Waals surface area contributed by atoms with E-state index in [2.05, 4.69) is 278 Å². The normalized spacial score (nSPS) is 13.3. The van der Waals surface area contributed by atoms with Gasteiger partial charge in [0, 0.05) is 56.1 Å². The van der Waals surface area contributed by atoms with Crippen molar-refractivity contribution < 1.29 is 6.85 Å². The average Bonchev–Trinajstić information content (AvgIpc) is 0.687. The molecule has 0 atom stereocenters. The van der Waals surface area contributed by atoms with Crippen molar-refractivity contribution >= 4 is 57.2 Å². The summed E-state index contributed by atoms with van der Waals surface area (Å²) in [5.41, 5.74) is 24.7. The molecule has 2 aliphatic heterocycles. The summed E-state index contributed by atoms with van der Waals surface area (Å²) in [5, 5.41) is 0. The highest BCUT2D eigenvalue weighted by Gasteiger charge is 2.46. The topological polar surface area (TPSA) is 45.2 Å². The van der Waals surface area contributed by atoms with Crippen molar-refractivity contribution in [1.29, 1.82) is 0 Å². The van der Waals surface area contributed by atoms with E-state index in [1.165, 1.54) is 16.7 Å². The van der Waals surface area contributed by atoms with Crippen LogP contribution in [0.3, 0.4) is 0 Å². The fourth-order valence-electron chi connectivity index (χ4n) is 14.4. The van der Waals surface area contributed by atoms with Gasteiger partial charge in [0.25, 0.3) is 6.71 Å². The first-order chi connectivity index (χ1) is 50.1. The molecule has 14 aromatic rings. The van der Waals surface area contributed by atoms with E-state index in [1.54, 1.807) is 0 Å². The predicted molar refractivity (Wildman–Crippen MR) is 419 cm³/mol. The van der Waals surface area contributed by atoms with Gasteiger partial charge in [0.1, 0.15) is 0 Å². The van der Waals surface area contributed by atoms with E-state index >= 15 is 0 Å². The standard InChI is InChI=1S/C93H78BN5/c1-91(2,3)72-44-28-43-67(53-72)71-58-83-85-84(59-71)99(87-77(64-37-22-13-23-38-64)47-30-48-78(87)90-96-88(65-39-24-14-25-40-65)95-89(97-90)66-41-26-15-27-42-66)81-56-68(61-31-16-10-17-32-61)49-51-79(81)94(85)80-52-50-69(70-54-73(92(4,5)6)60-74(55-70)93(7,8)9)57-82(80)98(83)86-75(62-33-18-11-19-34-62)45-29-46-76(86)63-35-20-12-21-36-63/h10-60H,1-9H3/i10D,16D,17D,31D,32D. The van der Waals surface area contributed by atoms with Gasteiger partial charge in [-0.05, 0) is 130 Å². The summed E-state index contributed by atoms with van der Waals surface area (Å²) in [4.78, 5) is 21.3. The van der Waals surface area contributed by atoms with Gasteiger partial charge in [-0.1, -0.05) is 341 Å². The Morgan fingerprint density at radius 2 is 0.616 bits per heavy atom. The Balaban J connectivity index is 1.11. The molecule has 6 heteroatoms. The minimum absolute atomic E-state index is 0.102. The summed E-state index contributed by atoms with van der Waals surface area (Å²) in [6.45, 7) is 20.1. The molecule has 0 N–H and O–H groups in total. The quantitative estimate of drug-likeness (QED) is 0.121. The van der Waals surface area contributed by atoms with Gasteiger partial charge in [-0.25, -0.2) is 15.0 Å². The molecule has 0 aliphatic carbocycles. The molecule has 0 radical (unpaired) electrons. The molecule has 0 amide bonds. The largest absolute Gasteiger partial charge is 0.310 e. The van der Waals surface area contributed by atoms with Crippen molar-refractivity contribution in [3.8, 4) is 101 Å². The molecule has 1 aromatic heterocycles. The third-order valence-corrected chi connectivity index (χ3v) is 19.6. The fraction of sp³-hybridized carbons (Fsp3) is 0.129. The zero-order chi connectivity index (χ0) is 72.1. The second kappa shape index (κ2) is 24.9. The first-order valence-corrected chi connectivity index (χ1v) is 34.3. The van der Waals surface area contributed by atoms with Crippen LogP contribution < -0.4 is 26.2 Å². The van der Waals surface area contributed by atoms with Crippen molar-refractivity contribution in [2.75, 3.05) is 9.80 Å². The van der Waals surface area contributed by atoms with E-state index < -0.39 is 24.8 Å². The number of nitrogens with zero attached hydrogens (tertiary/aromatic N) is 5. The Morgan fingerprint density at radius 3 is 1.06 bits per heavy atom. The molecular formula is C93H78BN5. The Morgan fingerprint density at radius 1 is 0.273 bits per heavy atom. The minimum atomic E-state index is -0.468. The Hall–Kier alpha value is -11.5. The van der Waals surface area contributed by atoms with Gasteiger partial charge >= 0.3 is 0 Å².